The van der Waals surface area contributed by atoms with Crippen LogP contribution < -0.4 is 9.47 Å². The van der Waals surface area contributed by atoms with Crippen LogP contribution in [0.15, 0.2) is 36.4 Å². The van der Waals surface area contributed by atoms with Gasteiger partial charge in [0.25, 0.3) is 0 Å². The highest BCUT2D eigenvalue weighted by Gasteiger charge is 2.11. The van der Waals surface area contributed by atoms with Crippen LogP contribution in [0.4, 0.5) is 0 Å². The molecule has 1 aromatic heterocycles. The van der Waals surface area contributed by atoms with E-state index in [0.717, 1.165) is 23.6 Å². The van der Waals surface area contributed by atoms with Crippen LogP contribution in [-0.2, 0) is 11.8 Å². The lowest BCUT2D eigenvalue weighted by atomic mass is 10.3. The third kappa shape index (κ3) is 4.77. The molecular formula is C18H23NO4. The van der Waals surface area contributed by atoms with Gasteiger partial charge in [-0.2, -0.15) is 0 Å². The standard InChI is InChI=1S/C18H23NO4/c1-4-11-21-15-6-8-16(9-7-15)22-12-13-23-18(20)17-10-5-14(2)19(17)3/h5-10H,4,11-13H2,1-3H3. The maximum Gasteiger partial charge on any atom is 0.355 e. The van der Waals surface area contributed by atoms with E-state index < -0.39 is 0 Å². The van der Waals surface area contributed by atoms with E-state index in [1.54, 1.807) is 10.6 Å². The highest BCUT2D eigenvalue weighted by atomic mass is 16.6. The number of benzene rings is 1. The number of rotatable bonds is 8. The van der Waals surface area contributed by atoms with Crippen molar-refractivity contribution in [1.29, 1.82) is 0 Å². The Morgan fingerprint density at radius 2 is 1.57 bits per heavy atom. The first-order valence-corrected chi connectivity index (χ1v) is 7.77. The summed E-state index contributed by atoms with van der Waals surface area (Å²) in [4.78, 5) is 11.9. The van der Waals surface area contributed by atoms with Crippen LogP contribution in [0.3, 0.4) is 0 Å². The van der Waals surface area contributed by atoms with Gasteiger partial charge in [-0.1, -0.05) is 6.92 Å². The van der Waals surface area contributed by atoms with Crippen molar-refractivity contribution in [2.75, 3.05) is 19.8 Å². The number of nitrogens with zero attached hydrogens (tertiary/aromatic N) is 1. The molecule has 0 spiro atoms. The van der Waals surface area contributed by atoms with Crippen LogP contribution in [0.2, 0.25) is 0 Å². The highest BCUT2D eigenvalue weighted by molar-refractivity contribution is 5.87. The minimum absolute atomic E-state index is 0.206. The monoisotopic (exact) mass is 317 g/mol. The fourth-order valence-corrected chi connectivity index (χ4v) is 2.04. The second-order valence-corrected chi connectivity index (χ2v) is 5.22. The molecule has 2 rings (SSSR count). The second-order valence-electron chi connectivity index (χ2n) is 5.22. The number of carbonyl (C=O) groups excluding carboxylic acids is 1. The predicted molar refractivity (Wildman–Crippen MR) is 88.2 cm³/mol. The summed E-state index contributed by atoms with van der Waals surface area (Å²) in [6.07, 6.45) is 0.976. The molecule has 0 aliphatic heterocycles. The van der Waals surface area contributed by atoms with Crippen molar-refractivity contribution in [3.63, 3.8) is 0 Å². The molecule has 5 heteroatoms. The molecule has 5 nitrogen and oxygen atoms in total. The molecule has 0 unspecified atom stereocenters. The van der Waals surface area contributed by atoms with Gasteiger partial charge < -0.3 is 18.8 Å². The zero-order valence-electron chi connectivity index (χ0n) is 13.9. The van der Waals surface area contributed by atoms with Crippen molar-refractivity contribution >= 4 is 5.97 Å². The van der Waals surface area contributed by atoms with Crippen molar-refractivity contribution in [1.82, 2.24) is 4.57 Å². The third-order valence-electron chi connectivity index (χ3n) is 3.46. The minimum atomic E-state index is -0.340. The summed E-state index contributed by atoms with van der Waals surface area (Å²) in [7, 11) is 1.84. The summed E-state index contributed by atoms with van der Waals surface area (Å²) in [5.41, 5.74) is 1.55. The van der Waals surface area contributed by atoms with Crippen LogP contribution in [0.1, 0.15) is 29.5 Å². The first-order chi connectivity index (χ1) is 11.1. The van der Waals surface area contributed by atoms with E-state index in [2.05, 4.69) is 6.92 Å². The molecule has 1 aromatic carbocycles. The van der Waals surface area contributed by atoms with E-state index in [-0.39, 0.29) is 12.6 Å². The minimum Gasteiger partial charge on any atom is -0.494 e. The first-order valence-electron chi connectivity index (χ1n) is 7.77. The lowest BCUT2D eigenvalue weighted by Crippen LogP contribution is -2.15. The molecule has 1 heterocycles. The smallest absolute Gasteiger partial charge is 0.355 e. The molecule has 0 atom stereocenters. The fraction of sp³-hybridized carbons (Fsp3) is 0.389. The van der Waals surface area contributed by atoms with Gasteiger partial charge >= 0.3 is 5.97 Å². The Kier molecular flexibility index (Phi) is 6.09. The number of esters is 1. The number of hydrogen-bond acceptors (Lipinski definition) is 4. The van der Waals surface area contributed by atoms with Crippen molar-refractivity contribution in [2.45, 2.75) is 20.3 Å². The zero-order valence-corrected chi connectivity index (χ0v) is 13.9. The topological polar surface area (TPSA) is 49.7 Å². The largest absolute Gasteiger partial charge is 0.494 e. The Bertz CT molecular complexity index is 631. The van der Waals surface area contributed by atoms with Crippen molar-refractivity contribution in [2.24, 2.45) is 7.05 Å². The van der Waals surface area contributed by atoms with Gasteiger partial charge in [-0.05, 0) is 49.7 Å². The number of carbonyl (C=O) groups is 1. The Labute approximate surface area is 136 Å². The van der Waals surface area contributed by atoms with Crippen molar-refractivity contribution < 1.29 is 19.0 Å². The van der Waals surface area contributed by atoms with Crippen LogP contribution in [0, 0.1) is 6.92 Å². The molecule has 23 heavy (non-hydrogen) atoms. The van der Waals surface area contributed by atoms with Gasteiger partial charge in [0.15, 0.2) is 0 Å². The quantitative estimate of drug-likeness (QED) is 0.553. The lowest BCUT2D eigenvalue weighted by molar-refractivity contribution is 0.0439. The van der Waals surface area contributed by atoms with Gasteiger partial charge in [-0.25, -0.2) is 4.79 Å². The second kappa shape index (κ2) is 8.27. The molecule has 0 radical (unpaired) electrons. The van der Waals surface area contributed by atoms with Crippen molar-refractivity contribution in [3.05, 3.63) is 47.8 Å². The van der Waals surface area contributed by atoms with Gasteiger partial charge in [-0.3, -0.25) is 0 Å². The van der Waals surface area contributed by atoms with Gasteiger partial charge in [0.05, 0.1) is 6.61 Å². The molecule has 0 saturated carbocycles. The first kappa shape index (κ1) is 16.9. The van der Waals surface area contributed by atoms with Crippen LogP contribution >= 0.6 is 0 Å². The van der Waals surface area contributed by atoms with Crippen molar-refractivity contribution in [3.8, 4) is 11.5 Å². The van der Waals surface area contributed by atoms with Crippen LogP contribution in [0.25, 0.3) is 0 Å². The molecule has 0 fully saturated rings. The molecular weight excluding hydrogens is 294 g/mol. The van der Waals surface area contributed by atoms with E-state index >= 15 is 0 Å². The summed E-state index contributed by atoms with van der Waals surface area (Å²) in [6, 6.07) is 11.1. The summed E-state index contributed by atoms with van der Waals surface area (Å²) in [6.45, 7) is 5.22. The van der Waals surface area contributed by atoms with Gasteiger partial charge in [0, 0.05) is 12.7 Å². The lowest BCUT2D eigenvalue weighted by Gasteiger charge is -2.09. The molecule has 124 valence electrons. The Hall–Kier alpha value is -2.43. The molecule has 2 aromatic rings. The summed E-state index contributed by atoms with van der Waals surface area (Å²) in [5, 5.41) is 0. The zero-order chi connectivity index (χ0) is 16.7. The summed E-state index contributed by atoms with van der Waals surface area (Å²) >= 11 is 0. The van der Waals surface area contributed by atoms with E-state index in [0.29, 0.717) is 18.9 Å². The molecule has 0 aliphatic carbocycles. The summed E-state index contributed by atoms with van der Waals surface area (Å²) in [5.74, 6) is 1.21. The average molecular weight is 317 g/mol. The fourth-order valence-electron chi connectivity index (χ4n) is 2.04. The maximum atomic E-state index is 11.9. The molecule has 0 aliphatic rings. The Morgan fingerprint density at radius 3 is 2.09 bits per heavy atom. The van der Waals surface area contributed by atoms with E-state index in [1.165, 1.54) is 0 Å². The number of ether oxygens (including phenoxy) is 3. The molecule has 0 N–H and O–H groups in total. The number of aryl methyl sites for hydroxylation is 1. The van der Waals surface area contributed by atoms with Crippen LogP contribution in [0.5, 0.6) is 11.5 Å². The van der Waals surface area contributed by atoms with E-state index in [1.807, 2.05) is 44.3 Å². The Morgan fingerprint density at radius 1 is 0.957 bits per heavy atom. The third-order valence-corrected chi connectivity index (χ3v) is 3.46. The maximum absolute atomic E-state index is 11.9. The van der Waals surface area contributed by atoms with E-state index in [4.69, 9.17) is 14.2 Å². The van der Waals surface area contributed by atoms with E-state index in [9.17, 15) is 4.79 Å². The molecule has 0 amide bonds. The Balaban J connectivity index is 1.72. The number of hydrogen-bond donors (Lipinski definition) is 0. The SMILES string of the molecule is CCCOc1ccc(OCCOC(=O)c2ccc(C)n2C)cc1. The van der Waals surface area contributed by atoms with Gasteiger partial charge in [0.2, 0.25) is 0 Å². The number of aromatic nitrogens is 1. The predicted octanol–water partition coefficient (Wildman–Crippen LogP) is 3.36. The molecule has 0 bridgehead atoms. The normalized spacial score (nSPS) is 10.4. The summed E-state index contributed by atoms with van der Waals surface area (Å²) < 4.78 is 18.1. The average Bonchev–Trinajstić information content (AvgIpc) is 2.90. The highest BCUT2D eigenvalue weighted by Crippen LogP contribution is 2.17. The van der Waals surface area contributed by atoms with Gasteiger partial charge in [0.1, 0.15) is 30.4 Å². The van der Waals surface area contributed by atoms with Gasteiger partial charge in [-0.15, -0.1) is 0 Å². The molecule has 0 saturated heterocycles. The van der Waals surface area contributed by atoms with Crippen LogP contribution in [-0.4, -0.2) is 30.4 Å².